The van der Waals surface area contributed by atoms with Gasteiger partial charge in [0.15, 0.2) is 0 Å². The van der Waals surface area contributed by atoms with Crippen LogP contribution in [0.4, 0.5) is 0 Å². The lowest BCUT2D eigenvalue weighted by Crippen LogP contribution is -2.40. The fraction of sp³-hybridized carbons (Fsp3) is 0.500. The van der Waals surface area contributed by atoms with Gasteiger partial charge in [0, 0.05) is 18.2 Å². The zero-order valence-corrected chi connectivity index (χ0v) is 10.3. The van der Waals surface area contributed by atoms with Gasteiger partial charge in [-0.15, -0.1) is 0 Å². The van der Waals surface area contributed by atoms with E-state index in [2.05, 4.69) is 10.6 Å². The third kappa shape index (κ3) is 2.20. The molecule has 0 bridgehead atoms. The summed E-state index contributed by atoms with van der Waals surface area (Å²) in [5, 5.41) is 6.39. The number of carbonyl (C=O) groups excluding carboxylic acids is 1. The molecule has 1 amide bonds. The van der Waals surface area contributed by atoms with Crippen molar-refractivity contribution in [3.05, 3.63) is 29.8 Å². The van der Waals surface area contributed by atoms with Crippen molar-refractivity contribution in [2.75, 3.05) is 19.7 Å². The highest BCUT2D eigenvalue weighted by molar-refractivity contribution is 5.85. The Morgan fingerprint density at radius 3 is 3.06 bits per heavy atom. The second-order valence-corrected chi connectivity index (χ2v) is 4.93. The molecule has 2 aliphatic heterocycles. The first-order valence-electron chi connectivity index (χ1n) is 6.57. The molecular weight excluding hydrogens is 228 g/mol. The zero-order valence-electron chi connectivity index (χ0n) is 10.3. The fourth-order valence-corrected chi connectivity index (χ4v) is 2.69. The van der Waals surface area contributed by atoms with E-state index in [1.807, 2.05) is 24.3 Å². The Bertz CT molecular complexity index is 441. The van der Waals surface area contributed by atoms with E-state index in [0.29, 0.717) is 6.61 Å². The molecule has 0 radical (unpaired) electrons. The third-order valence-electron chi connectivity index (χ3n) is 3.68. The number of fused-ring (bicyclic) bond motifs is 1. The maximum Gasteiger partial charge on any atom is 0.228 e. The number of rotatable bonds is 2. The molecule has 1 saturated heterocycles. The summed E-state index contributed by atoms with van der Waals surface area (Å²) in [6.07, 6.45) is 1.79. The largest absolute Gasteiger partial charge is 0.493 e. The summed E-state index contributed by atoms with van der Waals surface area (Å²) >= 11 is 0. The Kier molecular flexibility index (Phi) is 3.19. The van der Waals surface area contributed by atoms with Crippen LogP contribution < -0.4 is 15.4 Å². The van der Waals surface area contributed by atoms with Crippen LogP contribution in [0.5, 0.6) is 5.75 Å². The summed E-state index contributed by atoms with van der Waals surface area (Å²) in [5.74, 6) is 0.934. The smallest absolute Gasteiger partial charge is 0.228 e. The summed E-state index contributed by atoms with van der Waals surface area (Å²) in [7, 11) is 0. The molecule has 0 spiro atoms. The minimum Gasteiger partial charge on any atom is -0.493 e. The highest BCUT2D eigenvalue weighted by Gasteiger charge is 2.29. The van der Waals surface area contributed by atoms with Gasteiger partial charge in [-0.25, -0.2) is 0 Å². The fourth-order valence-electron chi connectivity index (χ4n) is 2.69. The van der Waals surface area contributed by atoms with Gasteiger partial charge in [0.1, 0.15) is 5.75 Å². The molecule has 96 valence electrons. The molecule has 4 nitrogen and oxygen atoms in total. The van der Waals surface area contributed by atoms with Crippen LogP contribution in [-0.2, 0) is 4.79 Å². The van der Waals surface area contributed by atoms with Crippen LogP contribution in [0.25, 0.3) is 0 Å². The number of benzene rings is 1. The van der Waals surface area contributed by atoms with E-state index in [-0.39, 0.29) is 17.9 Å². The van der Waals surface area contributed by atoms with Crippen molar-refractivity contribution >= 4 is 5.91 Å². The van der Waals surface area contributed by atoms with E-state index >= 15 is 0 Å². The van der Waals surface area contributed by atoms with Crippen LogP contribution >= 0.6 is 0 Å². The first kappa shape index (κ1) is 11.5. The quantitative estimate of drug-likeness (QED) is 0.819. The Balaban J connectivity index is 1.74. The normalized spacial score (nSPS) is 26.2. The summed E-state index contributed by atoms with van der Waals surface area (Å²) in [6, 6.07) is 8.12. The van der Waals surface area contributed by atoms with Crippen LogP contribution in [0.3, 0.4) is 0 Å². The number of nitrogens with one attached hydrogen (secondary N) is 2. The van der Waals surface area contributed by atoms with Crippen molar-refractivity contribution in [1.82, 2.24) is 10.6 Å². The summed E-state index contributed by atoms with van der Waals surface area (Å²) < 4.78 is 5.58. The summed E-state index contributed by atoms with van der Waals surface area (Å²) in [4.78, 5) is 12.3. The molecule has 2 heterocycles. The van der Waals surface area contributed by atoms with Crippen molar-refractivity contribution in [3.8, 4) is 5.75 Å². The first-order valence-corrected chi connectivity index (χ1v) is 6.57. The van der Waals surface area contributed by atoms with E-state index in [1.165, 1.54) is 0 Å². The van der Waals surface area contributed by atoms with Crippen molar-refractivity contribution in [3.63, 3.8) is 0 Å². The maximum atomic E-state index is 12.3. The van der Waals surface area contributed by atoms with Crippen molar-refractivity contribution in [2.45, 2.75) is 24.8 Å². The predicted molar refractivity (Wildman–Crippen MR) is 68.7 cm³/mol. The van der Waals surface area contributed by atoms with E-state index in [1.54, 1.807) is 0 Å². The number of para-hydroxylation sites is 1. The van der Waals surface area contributed by atoms with Gasteiger partial charge < -0.3 is 15.4 Å². The monoisotopic (exact) mass is 246 g/mol. The molecule has 18 heavy (non-hydrogen) atoms. The summed E-state index contributed by atoms with van der Waals surface area (Å²) in [6.45, 7) is 2.50. The van der Waals surface area contributed by atoms with Crippen molar-refractivity contribution < 1.29 is 9.53 Å². The maximum absolute atomic E-state index is 12.3. The predicted octanol–water partition coefficient (Wildman–Crippen LogP) is 1.03. The Hall–Kier alpha value is -1.55. The molecule has 2 unspecified atom stereocenters. The van der Waals surface area contributed by atoms with E-state index < -0.39 is 0 Å². The zero-order chi connectivity index (χ0) is 12.4. The number of hydrogen-bond donors (Lipinski definition) is 2. The first-order chi connectivity index (χ1) is 8.84. The van der Waals surface area contributed by atoms with Crippen molar-refractivity contribution in [1.29, 1.82) is 0 Å². The molecule has 0 aromatic heterocycles. The Morgan fingerprint density at radius 1 is 1.33 bits per heavy atom. The second kappa shape index (κ2) is 4.98. The number of carbonyl (C=O) groups is 1. The molecule has 1 fully saturated rings. The number of hydrogen-bond acceptors (Lipinski definition) is 3. The number of ether oxygens (including phenoxy) is 1. The van der Waals surface area contributed by atoms with Crippen LogP contribution in [-0.4, -0.2) is 31.6 Å². The molecule has 2 atom stereocenters. The highest BCUT2D eigenvalue weighted by Crippen LogP contribution is 2.33. The van der Waals surface area contributed by atoms with E-state index in [0.717, 1.165) is 37.2 Å². The number of amides is 1. The molecule has 2 aliphatic rings. The van der Waals surface area contributed by atoms with Gasteiger partial charge in [0.05, 0.1) is 12.5 Å². The SMILES string of the molecule is O=C(NC1CCNC1)C1CCOc2ccccc21. The van der Waals surface area contributed by atoms with Gasteiger partial charge in [-0.1, -0.05) is 18.2 Å². The van der Waals surface area contributed by atoms with E-state index in [4.69, 9.17) is 4.74 Å². The average Bonchev–Trinajstić information content (AvgIpc) is 2.91. The van der Waals surface area contributed by atoms with Gasteiger partial charge in [0.2, 0.25) is 5.91 Å². The lowest BCUT2D eigenvalue weighted by molar-refractivity contribution is -0.123. The van der Waals surface area contributed by atoms with Gasteiger partial charge in [-0.3, -0.25) is 4.79 Å². The van der Waals surface area contributed by atoms with Crippen LogP contribution in [0, 0.1) is 0 Å². The highest BCUT2D eigenvalue weighted by atomic mass is 16.5. The van der Waals surface area contributed by atoms with E-state index in [9.17, 15) is 4.79 Å². The van der Waals surface area contributed by atoms with Crippen LogP contribution in [0.15, 0.2) is 24.3 Å². The van der Waals surface area contributed by atoms with Gasteiger partial charge in [0.25, 0.3) is 0 Å². The summed E-state index contributed by atoms with van der Waals surface area (Å²) in [5.41, 5.74) is 1.02. The standard InChI is InChI=1S/C14H18N2O2/c17-14(16-10-5-7-15-9-10)12-6-8-18-13-4-2-1-3-11(12)13/h1-4,10,12,15H,5-9H2,(H,16,17). The molecule has 3 rings (SSSR count). The second-order valence-electron chi connectivity index (χ2n) is 4.93. The average molecular weight is 246 g/mol. The minimum absolute atomic E-state index is 0.0597. The molecule has 1 aromatic carbocycles. The Labute approximate surface area is 107 Å². The van der Waals surface area contributed by atoms with Crippen LogP contribution in [0.1, 0.15) is 24.3 Å². The Morgan fingerprint density at radius 2 is 2.22 bits per heavy atom. The van der Waals surface area contributed by atoms with Crippen LogP contribution in [0.2, 0.25) is 0 Å². The molecule has 4 heteroatoms. The molecular formula is C14H18N2O2. The molecule has 2 N–H and O–H groups in total. The van der Waals surface area contributed by atoms with Crippen molar-refractivity contribution in [2.24, 2.45) is 0 Å². The lowest BCUT2D eigenvalue weighted by Gasteiger charge is -2.26. The topological polar surface area (TPSA) is 50.4 Å². The minimum atomic E-state index is -0.0597. The molecule has 1 aromatic rings. The molecule has 0 aliphatic carbocycles. The van der Waals surface area contributed by atoms with Gasteiger partial charge in [-0.05, 0) is 25.5 Å². The lowest BCUT2D eigenvalue weighted by atomic mass is 9.92. The third-order valence-corrected chi connectivity index (χ3v) is 3.68. The van der Waals surface area contributed by atoms with Gasteiger partial charge >= 0.3 is 0 Å². The molecule has 0 saturated carbocycles. The van der Waals surface area contributed by atoms with Gasteiger partial charge in [-0.2, -0.15) is 0 Å².